The summed E-state index contributed by atoms with van der Waals surface area (Å²) in [6, 6.07) is 0. The number of hydrogen-bond donors (Lipinski definition) is 0. The summed E-state index contributed by atoms with van der Waals surface area (Å²) < 4.78 is 0. The van der Waals surface area contributed by atoms with Gasteiger partial charge in [-0.3, -0.25) is 0 Å². The second-order valence-corrected chi connectivity index (χ2v) is 3.87. The maximum Gasteiger partial charge on any atom is -0.0236 e. The molecule has 1 aliphatic rings. The predicted molar refractivity (Wildman–Crippen MR) is 80.1 cm³/mol. The summed E-state index contributed by atoms with van der Waals surface area (Å²) in [5.74, 6) is 0. The Hall–Kier alpha value is -1.30. The van der Waals surface area contributed by atoms with Gasteiger partial charge in [-0.05, 0) is 37.3 Å². The Labute approximate surface area is 107 Å². The van der Waals surface area contributed by atoms with Crippen LogP contribution in [0.25, 0.3) is 0 Å². The van der Waals surface area contributed by atoms with Crippen molar-refractivity contribution >= 4 is 0 Å². The van der Waals surface area contributed by atoms with Crippen LogP contribution in [0.5, 0.6) is 0 Å². The van der Waals surface area contributed by atoms with Crippen molar-refractivity contribution in [3.05, 3.63) is 59.8 Å². The minimum atomic E-state index is 1.08. The first-order valence-corrected chi connectivity index (χ1v) is 6.64. The van der Waals surface area contributed by atoms with Crippen LogP contribution in [0.15, 0.2) is 59.8 Å². The molecule has 0 saturated carbocycles. The van der Waals surface area contributed by atoms with Gasteiger partial charge in [-0.15, -0.1) is 0 Å². The molecule has 0 aromatic heterocycles. The smallest absolute Gasteiger partial charge is 0.0236 e. The lowest BCUT2D eigenvalue weighted by atomic mass is 9.93. The van der Waals surface area contributed by atoms with Gasteiger partial charge in [0.1, 0.15) is 0 Å². The summed E-state index contributed by atoms with van der Waals surface area (Å²) in [6.45, 7) is 12.1. The Bertz CT molecular complexity index is 335. The van der Waals surface area contributed by atoms with E-state index < -0.39 is 0 Å². The molecule has 0 bridgehead atoms. The Morgan fingerprint density at radius 1 is 1.29 bits per heavy atom. The van der Waals surface area contributed by atoms with Crippen LogP contribution in [0.1, 0.15) is 47.0 Å². The van der Waals surface area contributed by atoms with Crippen LogP contribution in [0.3, 0.4) is 0 Å². The number of hydrogen-bond acceptors (Lipinski definition) is 0. The lowest BCUT2D eigenvalue weighted by Crippen LogP contribution is -1.93. The quantitative estimate of drug-likeness (QED) is 0.539. The molecular weight excluding hydrogens is 204 g/mol. The van der Waals surface area contributed by atoms with Gasteiger partial charge in [0.2, 0.25) is 0 Å². The van der Waals surface area contributed by atoms with Crippen molar-refractivity contribution in [1.82, 2.24) is 0 Å². The molecule has 0 saturated heterocycles. The van der Waals surface area contributed by atoms with Crippen LogP contribution in [-0.2, 0) is 0 Å². The van der Waals surface area contributed by atoms with E-state index in [0.717, 1.165) is 12.8 Å². The van der Waals surface area contributed by atoms with E-state index in [9.17, 15) is 0 Å². The first kappa shape index (κ1) is 15.7. The molecule has 0 amide bonds. The highest BCUT2D eigenvalue weighted by Crippen LogP contribution is 2.24. The van der Waals surface area contributed by atoms with E-state index in [1.807, 2.05) is 26.0 Å². The third kappa shape index (κ3) is 6.11. The van der Waals surface area contributed by atoms with Crippen molar-refractivity contribution in [2.75, 3.05) is 0 Å². The zero-order chi connectivity index (χ0) is 13.1. The molecule has 94 valence electrons. The normalized spacial score (nSPS) is 15.9. The summed E-state index contributed by atoms with van der Waals surface area (Å²) in [5.41, 5.74) is 4.27. The Balaban J connectivity index is 0.00000121. The van der Waals surface area contributed by atoms with Crippen molar-refractivity contribution < 1.29 is 0 Å². The molecule has 1 aliphatic carbocycles. The van der Waals surface area contributed by atoms with Crippen LogP contribution < -0.4 is 0 Å². The lowest BCUT2D eigenvalue weighted by molar-refractivity contribution is 0.916. The molecule has 0 nitrogen and oxygen atoms in total. The molecule has 17 heavy (non-hydrogen) atoms. The first-order valence-electron chi connectivity index (χ1n) is 6.64. The number of rotatable bonds is 4. The molecule has 0 heterocycles. The van der Waals surface area contributed by atoms with Gasteiger partial charge in [-0.1, -0.05) is 69.4 Å². The fraction of sp³-hybridized carbons (Fsp3) is 0.412. The lowest BCUT2D eigenvalue weighted by Gasteiger charge is -2.13. The molecule has 0 N–H and O–H groups in total. The Morgan fingerprint density at radius 3 is 2.47 bits per heavy atom. The maximum atomic E-state index is 3.70. The van der Waals surface area contributed by atoms with E-state index >= 15 is 0 Å². The van der Waals surface area contributed by atoms with Gasteiger partial charge >= 0.3 is 0 Å². The maximum absolute atomic E-state index is 3.70. The molecule has 0 aliphatic heterocycles. The van der Waals surface area contributed by atoms with Crippen molar-refractivity contribution in [2.24, 2.45) is 0 Å². The molecule has 0 aromatic rings. The van der Waals surface area contributed by atoms with Crippen LogP contribution in [0.4, 0.5) is 0 Å². The van der Waals surface area contributed by atoms with Gasteiger partial charge in [0.05, 0.1) is 0 Å². The van der Waals surface area contributed by atoms with Crippen LogP contribution in [-0.4, -0.2) is 0 Å². The van der Waals surface area contributed by atoms with E-state index in [4.69, 9.17) is 0 Å². The van der Waals surface area contributed by atoms with Crippen LogP contribution >= 0.6 is 0 Å². The average Bonchev–Trinajstić information content (AvgIpc) is 2.38. The average molecular weight is 230 g/mol. The van der Waals surface area contributed by atoms with Gasteiger partial charge < -0.3 is 0 Å². The second-order valence-electron chi connectivity index (χ2n) is 3.87. The summed E-state index contributed by atoms with van der Waals surface area (Å²) in [6.07, 6.45) is 16.2. The van der Waals surface area contributed by atoms with Crippen molar-refractivity contribution in [2.45, 2.75) is 47.0 Å². The molecule has 1 rings (SSSR count). The second kappa shape index (κ2) is 9.89. The number of allylic oxidation sites excluding steroid dienone is 9. The zero-order valence-corrected chi connectivity index (χ0v) is 11.8. The topological polar surface area (TPSA) is 0 Å². The summed E-state index contributed by atoms with van der Waals surface area (Å²) in [7, 11) is 0. The third-order valence-corrected chi connectivity index (χ3v) is 2.56. The van der Waals surface area contributed by atoms with Gasteiger partial charge in [0.15, 0.2) is 0 Å². The van der Waals surface area contributed by atoms with Gasteiger partial charge in [-0.25, -0.2) is 0 Å². The summed E-state index contributed by atoms with van der Waals surface area (Å²) in [5, 5.41) is 0. The minimum absolute atomic E-state index is 1.08. The monoisotopic (exact) mass is 230 g/mol. The summed E-state index contributed by atoms with van der Waals surface area (Å²) in [4.78, 5) is 0. The van der Waals surface area contributed by atoms with E-state index in [0.29, 0.717) is 0 Å². The molecule has 0 atom stereocenters. The molecule has 0 spiro atoms. The molecule has 0 radical (unpaired) electrons. The fourth-order valence-corrected chi connectivity index (χ4v) is 1.68. The summed E-state index contributed by atoms with van der Waals surface area (Å²) >= 11 is 0. The third-order valence-electron chi connectivity index (χ3n) is 2.56. The molecule has 0 aromatic carbocycles. The molecule has 0 fully saturated rings. The SMILES string of the molecule is C=CC=C/C(=C\CC)C1=CC=C(C)CC1.CC. The van der Waals surface area contributed by atoms with E-state index in [2.05, 4.69) is 44.7 Å². The molecular formula is C17H26. The highest BCUT2D eigenvalue weighted by Gasteiger charge is 2.05. The van der Waals surface area contributed by atoms with Crippen molar-refractivity contribution in [3.63, 3.8) is 0 Å². The van der Waals surface area contributed by atoms with Crippen molar-refractivity contribution in [1.29, 1.82) is 0 Å². The standard InChI is InChI=1S/C15H20.C2H6/c1-4-6-8-14(7-5-2)15-11-9-13(3)10-12-15;1-2/h4,6-9,11H,1,5,10,12H2,2-3H3;1-2H3/b8-6?,14-7+;. The van der Waals surface area contributed by atoms with Crippen LogP contribution in [0, 0.1) is 0 Å². The van der Waals surface area contributed by atoms with Crippen molar-refractivity contribution in [3.8, 4) is 0 Å². The van der Waals surface area contributed by atoms with Gasteiger partial charge in [0, 0.05) is 0 Å². The van der Waals surface area contributed by atoms with E-state index in [1.165, 1.54) is 23.1 Å². The minimum Gasteiger partial charge on any atom is -0.0991 e. The molecule has 0 heteroatoms. The first-order chi connectivity index (χ1) is 8.27. The largest absolute Gasteiger partial charge is 0.0991 e. The van der Waals surface area contributed by atoms with Gasteiger partial charge in [-0.2, -0.15) is 0 Å². The molecule has 0 unspecified atom stereocenters. The predicted octanol–water partition coefficient (Wildman–Crippen LogP) is 5.76. The van der Waals surface area contributed by atoms with Gasteiger partial charge in [0.25, 0.3) is 0 Å². The van der Waals surface area contributed by atoms with E-state index in [-0.39, 0.29) is 0 Å². The Kier molecular flexibility index (Phi) is 9.14. The Morgan fingerprint density at radius 2 is 2.00 bits per heavy atom. The fourth-order valence-electron chi connectivity index (χ4n) is 1.68. The van der Waals surface area contributed by atoms with Crippen LogP contribution in [0.2, 0.25) is 0 Å². The highest BCUT2D eigenvalue weighted by atomic mass is 14.1. The van der Waals surface area contributed by atoms with E-state index in [1.54, 1.807) is 0 Å². The highest BCUT2D eigenvalue weighted by molar-refractivity contribution is 5.44. The zero-order valence-electron chi connectivity index (χ0n) is 11.8.